The van der Waals surface area contributed by atoms with Gasteiger partial charge >= 0.3 is 0 Å². The van der Waals surface area contributed by atoms with Crippen LogP contribution in [0.5, 0.6) is 0 Å². The van der Waals surface area contributed by atoms with Crippen molar-refractivity contribution in [3.8, 4) is 0 Å². The van der Waals surface area contributed by atoms with E-state index >= 15 is 0 Å². The van der Waals surface area contributed by atoms with Crippen molar-refractivity contribution in [2.75, 3.05) is 6.61 Å². The first-order valence-electron chi connectivity index (χ1n) is 8.72. The molecule has 1 N–H and O–H groups in total. The molecule has 23 heavy (non-hydrogen) atoms. The molecule has 1 aliphatic heterocycles. The summed E-state index contributed by atoms with van der Waals surface area (Å²) in [4.78, 5) is 4.12. The van der Waals surface area contributed by atoms with Crippen molar-refractivity contribution in [3.05, 3.63) is 66.0 Å². The van der Waals surface area contributed by atoms with Crippen molar-refractivity contribution >= 4 is 0 Å². The number of pyridine rings is 1. The number of hydrogen-bond donors (Lipinski definition) is 1. The second-order valence-electron chi connectivity index (χ2n) is 6.76. The molecule has 2 fully saturated rings. The van der Waals surface area contributed by atoms with Gasteiger partial charge in [0.1, 0.15) is 0 Å². The van der Waals surface area contributed by atoms with Crippen molar-refractivity contribution in [1.29, 1.82) is 0 Å². The Balaban J connectivity index is 1.37. The highest BCUT2D eigenvalue weighted by Crippen LogP contribution is 2.38. The minimum atomic E-state index is 0.169. The first-order valence-corrected chi connectivity index (χ1v) is 8.72. The zero-order valence-electron chi connectivity index (χ0n) is 13.4. The highest BCUT2D eigenvalue weighted by atomic mass is 16.5. The van der Waals surface area contributed by atoms with E-state index in [-0.39, 0.29) is 6.10 Å². The Morgan fingerprint density at radius 3 is 2.52 bits per heavy atom. The van der Waals surface area contributed by atoms with Crippen molar-refractivity contribution in [1.82, 2.24) is 10.3 Å². The molecule has 2 atom stereocenters. The first kappa shape index (κ1) is 14.9. The topological polar surface area (TPSA) is 34.1 Å². The Bertz CT molecular complexity index is 610. The number of rotatable bonds is 4. The van der Waals surface area contributed by atoms with Gasteiger partial charge in [0.05, 0.1) is 6.10 Å². The van der Waals surface area contributed by atoms with Crippen molar-refractivity contribution in [2.24, 2.45) is 0 Å². The van der Waals surface area contributed by atoms with Crippen LogP contribution >= 0.6 is 0 Å². The van der Waals surface area contributed by atoms with Gasteiger partial charge in [-0.25, -0.2) is 0 Å². The number of aromatic nitrogens is 1. The lowest BCUT2D eigenvalue weighted by molar-refractivity contribution is -0.0177. The van der Waals surface area contributed by atoms with Crippen LogP contribution in [0.2, 0.25) is 0 Å². The van der Waals surface area contributed by atoms with Crippen LogP contribution in [0.25, 0.3) is 0 Å². The molecule has 0 amide bonds. The number of hydrogen-bond acceptors (Lipinski definition) is 3. The fourth-order valence-corrected chi connectivity index (χ4v) is 3.89. The Labute approximate surface area is 138 Å². The largest absolute Gasteiger partial charge is 0.372 e. The molecule has 1 saturated carbocycles. The highest BCUT2D eigenvalue weighted by molar-refractivity contribution is 5.23. The lowest BCUT2D eigenvalue weighted by atomic mass is 9.75. The van der Waals surface area contributed by atoms with Crippen LogP contribution in [-0.4, -0.2) is 23.7 Å². The third kappa shape index (κ3) is 3.31. The first-order chi connectivity index (χ1) is 11.4. The summed E-state index contributed by atoms with van der Waals surface area (Å²) < 4.78 is 6.07. The molecule has 2 heterocycles. The second kappa shape index (κ2) is 6.81. The van der Waals surface area contributed by atoms with E-state index in [4.69, 9.17) is 4.74 Å². The van der Waals surface area contributed by atoms with Gasteiger partial charge in [-0.3, -0.25) is 4.98 Å². The normalized spacial score (nSPS) is 30.6. The van der Waals surface area contributed by atoms with Crippen LogP contribution < -0.4 is 5.32 Å². The van der Waals surface area contributed by atoms with Crippen molar-refractivity contribution in [2.45, 2.75) is 49.8 Å². The lowest BCUT2D eigenvalue weighted by Gasteiger charge is -2.42. The molecule has 1 saturated heterocycles. The molecule has 0 radical (unpaired) electrons. The van der Waals surface area contributed by atoms with Crippen molar-refractivity contribution < 1.29 is 4.74 Å². The summed E-state index contributed by atoms with van der Waals surface area (Å²) in [5, 5.41) is 3.86. The maximum Gasteiger partial charge on any atom is 0.0978 e. The molecule has 0 unspecified atom stereocenters. The molecule has 0 bridgehead atoms. The van der Waals surface area contributed by atoms with E-state index in [1.54, 1.807) is 0 Å². The Hall–Kier alpha value is -1.71. The molecule has 1 aromatic heterocycles. The number of ether oxygens (including phenoxy) is 1. The Kier molecular flexibility index (Phi) is 4.40. The predicted molar refractivity (Wildman–Crippen MR) is 91.3 cm³/mol. The summed E-state index contributed by atoms with van der Waals surface area (Å²) in [5.74, 6) is 0.720. The number of nitrogens with one attached hydrogen (secondary N) is 1. The summed E-state index contributed by atoms with van der Waals surface area (Å²) in [5.41, 5.74) is 2.73. The maximum absolute atomic E-state index is 6.07. The maximum atomic E-state index is 6.07. The van der Waals surface area contributed by atoms with E-state index < -0.39 is 0 Å². The van der Waals surface area contributed by atoms with Crippen LogP contribution in [0.15, 0.2) is 54.9 Å². The molecule has 2 aromatic rings. The van der Waals surface area contributed by atoms with E-state index in [1.807, 2.05) is 12.4 Å². The molecule has 4 rings (SSSR count). The monoisotopic (exact) mass is 308 g/mol. The fourth-order valence-electron chi connectivity index (χ4n) is 3.89. The number of benzene rings is 1. The smallest absolute Gasteiger partial charge is 0.0978 e. The summed E-state index contributed by atoms with van der Waals surface area (Å²) in [7, 11) is 0. The van der Waals surface area contributed by atoms with Gasteiger partial charge in [0.15, 0.2) is 0 Å². The van der Waals surface area contributed by atoms with Gasteiger partial charge in [-0.05, 0) is 54.9 Å². The molecule has 2 aliphatic rings. The zero-order valence-corrected chi connectivity index (χ0v) is 13.4. The van der Waals surface area contributed by atoms with Gasteiger partial charge < -0.3 is 10.1 Å². The van der Waals surface area contributed by atoms with Crippen LogP contribution in [-0.2, 0) is 4.74 Å². The van der Waals surface area contributed by atoms with Crippen molar-refractivity contribution in [3.63, 3.8) is 0 Å². The van der Waals surface area contributed by atoms with Gasteiger partial charge in [0.2, 0.25) is 0 Å². The van der Waals surface area contributed by atoms with Gasteiger partial charge in [-0.1, -0.05) is 30.3 Å². The quantitative estimate of drug-likeness (QED) is 0.932. The van der Waals surface area contributed by atoms with Gasteiger partial charge in [-0.15, -0.1) is 0 Å². The Morgan fingerprint density at radius 1 is 0.957 bits per heavy atom. The molecule has 120 valence electrons. The van der Waals surface area contributed by atoms with E-state index in [0.29, 0.717) is 12.1 Å². The van der Waals surface area contributed by atoms with Gasteiger partial charge in [0, 0.05) is 31.1 Å². The zero-order chi connectivity index (χ0) is 15.5. The lowest BCUT2D eigenvalue weighted by Crippen LogP contribution is -2.49. The van der Waals surface area contributed by atoms with E-state index in [9.17, 15) is 0 Å². The minimum absolute atomic E-state index is 0.169. The molecule has 0 spiro atoms. The molecular weight excluding hydrogens is 284 g/mol. The van der Waals surface area contributed by atoms with E-state index in [0.717, 1.165) is 18.9 Å². The molecule has 3 nitrogen and oxygen atoms in total. The summed E-state index contributed by atoms with van der Waals surface area (Å²) >= 11 is 0. The van der Waals surface area contributed by atoms with E-state index in [2.05, 4.69) is 52.8 Å². The van der Waals surface area contributed by atoms with Gasteiger partial charge in [0.25, 0.3) is 0 Å². The third-order valence-corrected chi connectivity index (χ3v) is 5.22. The second-order valence-corrected chi connectivity index (χ2v) is 6.76. The van der Waals surface area contributed by atoms with Crippen LogP contribution in [0.1, 0.15) is 48.8 Å². The third-order valence-electron chi connectivity index (χ3n) is 5.22. The number of nitrogens with zero attached hydrogens (tertiary/aromatic N) is 1. The van der Waals surface area contributed by atoms with Crippen LogP contribution in [0, 0.1) is 0 Å². The molecule has 3 heteroatoms. The van der Waals surface area contributed by atoms with E-state index in [1.165, 1.54) is 30.4 Å². The standard InChI is InChI=1S/C20H24N2O/c1-2-5-15(6-3-1)17-13-18(14-17)22-19-7-4-12-23-20(19)16-8-10-21-11-9-16/h1-3,5-6,8-11,17-20,22H,4,7,12-14H2/t17?,18?,19-,20+/m0/s1. The SMILES string of the molecule is c1ccc(C2CC(N[C@H]3CCCO[C@@H]3c3ccncc3)C2)cc1. The van der Waals surface area contributed by atoms with Crippen LogP contribution in [0.4, 0.5) is 0 Å². The average Bonchev–Trinajstić information content (AvgIpc) is 2.60. The summed E-state index contributed by atoms with van der Waals surface area (Å²) in [6, 6.07) is 16.1. The predicted octanol–water partition coefficient (Wildman–Crippen LogP) is 3.84. The van der Waals surface area contributed by atoms with Gasteiger partial charge in [-0.2, -0.15) is 0 Å². The van der Waals surface area contributed by atoms with Crippen LogP contribution in [0.3, 0.4) is 0 Å². The molecule has 1 aromatic carbocycles. The minimum Gasteiger partial charge on any atom is -0.372 e. The summed E-state index contributed by atoms with van der Waals surface area (Å²) in [6.45, 7) is 0.864. The Morgan fingerprint density at radius 2 is 1.74 bits per heavy atom. The molecular formula is C20H24N2O. The highest BCUT2D eigenvalue weighted by Gasteiger charge is 2.35. The average molecular weight is 308 g/mol. The summed E-state index contributed by atoms with van der Waals surface area (Å²) in [6.07, 6.45) is 8.71. The fraction of sp³-hybridized carbons (Fsp3) is 0.450. The molecule has 1 aliphatic carbocycles.